The minimum absolute atomic E-state index is 0.00841. The lowest BCUT2D eigenvalue weighted by Gasteiger charge is -2.45. The third-order valence-electron chi connectivity index (χ3n) is 8.20. The van der Waals surface area contributed by atoms with Gasteiger partial charge in [-0.2, -0.15) is 5.26 Å². The number of aryl methyl sites for hydroxylation is 1. The number of hydrogen-bond acceptors (Lipinski definition) is 8. The molecule has 2 atom stereocenters. The number of benzene rings is 1. The van der Waals surface area contributed by atoms with Crippen molar-refractivity contribution in [1.82, 2.24) is 19.8 Å². The lowest BCUT2D eigenvalue weighted by molar-refractivity contribution is -0.129. The summed E-state index contributed by atoms with van der Waals surface area (Å²) >= 11 is 25.8. The van der Waals surface area contributed by atoms with Gasteiger partial charge in [-0.15, -0.1) is 0 Å². The van der Waals surface area contributed by atoms with Gasteiger partial charge in [0, 0.05) is 43.0 Å². The Morgan fingerprint density at radius 1 is 1.24 bits per heavy atom. The van der Waals surface area contributed by atoms with Crippen molar-refractivity contribution in [3.63, 3.8) is 0 Å². The normalized spacial score (nSPS) is 18.2. The number of nitrogens with two attached hydrogens (primary N) is 1. The molecule has 0 saturated carbocycles. The number of fused-ring (bicyclic) bond motifs is 1. The highest BCUT2D eigenvalue weighted by Gasteiger charge is 2.41. The topological polar surface area (TPSA) is 123 Å². The Morgan fingerprint density at radius 2 is 1.93 bits per heavy atom. The number of anilines is 3. The van der Waals surface area contributed by atoms with E-state index in [0.717, 1.165) is 5.56 Å². The number of aliphatic hydroxyl groups excluding tert-OH is 1. The molecule has 3 N–H and O–H groups in total. The first-order valence-corrected chi connectivity index (χ1v) is 15.8. The van der Waals surface area contributed by atoms with Crippen molar-refractivity contribution in [1.29, 1.82) is 5.26 Å². The molecule has 9 nitrogen and oxygen atoms in total. The molecule has 0 spiro atoms. The zero-order chi connectivity index (χ0) is 33.8. The lowest BCUT2D eigenvalue weighted by atomic mass is 9.94. The summed E-state index contributed by atoms with van der Waals surface area (Å²) in [4.78, 5) is 27.1. The standard InChI is InChI=1S/C32H30Cl4FN7O2/c1-6-20(45)43-10-9-42(13-16(43)5)30-17-11-19(33)28(21-22(34)23(35)25(37)24(36)26(21)39)41-31(17)44(32(46)18(30)12-38)29-15(4)7-8-40-27(29)14(2)3/h6-8,11,14,16,32,46H,1,9-10,13,39H2,2-5H3/t16-,32?/m1/s1. The highest BCUT2D eigenvalue weighted by molar-refractivity contribution is 6.47. The summed E-state index contributed by atoms with van der Waals surface area (Å²) in [5.74, 6) is -1.06. The summed E-state index contributed by atoms with van der Waals surface area (Å²) in [6.07, 6.45) is 1.43. The second-order valence-corrected chi connectivity index (χ2v) is 12.9. The number of nitrogen functional groups attached to an aromatic ring is 1. The number of piperazine rings is 1. The van der Waals surface area contributed by atoms with Crippen LogP contribution in [-0.2, 0) is 4.79 Å². The van der Waals surface area contributed by atoms with Crippen molar-refractivity contribution in [2.45, 2.75) is 45.9 Å². The molecule has 1 amide bonds. The van der Waals surface area contributed by atoms with Crippen molar-refractivity contribution < 1.29 is 14.3 Å². The summed E-state index contributed by atoms with van der Waals surface area (Å²) in [7, 11) is 0. The molecule has 1 aromatic carbocycles. The fourth-order valence-electron chi connectivity index (χ4n) is 6.00. The van der Waals surface area contributed by atoms with Crippen molar-refractivity contribution in [2.24, 2.45) is 0 Å². The molecule has 5 rings (SSSR count). The first kappa shape index (κ1) is 33.8. The number of carbonyl (C=O) groups excluding carboxylic acids is 1. The third kappa shape index (κ3) is 5.44. The molecule has 2 aromatic heterocycles. The Balaban J connectivity index is 1.83. The Hall–Kier alpha value is -3.59. The average Bonchev–Trinajstić information content (AvgIpc) is 3.02. The fourth-order valence-corrected chi connectivity index (χ4v) is 6.94. The lowest BCUT2D eigenvalue weighted by Crippen LogP contribution is -2.54. The molecule has 0 aliphatic carbocycles. The molecule has 46 heavy (non-hydrogen) atoms. The first-order chi connectivity index (χ1) is 21.7. The van der Waals surface area contributed by atoms with E-state index in [0.29, 0.717) is 42.3 Å². The number of halogens is 5. The highest BCUT2D eigenvalue weighted by Crippen LogP contribution is 2.50. The van der Waals surface area contributed by atoms with Gasteiger partial charge in [-0.05, 0) is 43.5 Å². The first-order valence-electron chi connectivity index (χ1n) is 14.3. The van der Waals surface area contributed by atoms with Gasteiger partial charge in [0.1, 0.15) is 22.5 Å². The zero-order valence-corrected chi connectivity index (χ0v) is 28.4. The van der Waals surface area contributed by atoms with Crippen LogP contribution in [0.1, 0.15) is 43.5 Å². The van der Waals surface area contributed by atoms with Gasteiger partial charge in [0.2, 0.25) is 5.91 Å². The number of hydrogen-bond donors (Lipinski definition) is 2. The van der Waals surface area contributed by atoms with E-state index in [-0.39, 0.29) is 56.2 Å². The fraction of sp³-hybridized carbons (Fsp3) is 0.312. The van der Waals surface area contributed by atoms with Crippen LogP contribution in [0.2, 0.25) is 20.1 Å². The van der Waals surface area contributed by atoms with Crippen LogP contribution >= 0.6 is 46.4 Å². The molecule has 0 radical (unpaired) electrons. The summed E-state index contributed by atoms with van der Waals surface area (Å²) in [6.45, 7) is 12.3. The van der Waals surface area contributed by atoms with Gasteiger partial charge in [0.25, 0.3) is 0 Å². The summed E-state index contributed by atoms with van der Waals surface area (Å²) in [5, 5.41) is 21.5. The second kappa shape index (κ2) is 12.9. The monoisotopic (exact) mass is 703 g/mol. The molecule has 0 bridgehead atoms. The van der Waals surface area contributed by atoms with Gasteiger partial charge in [0.15, 0.2) is 12.0 Å². The van der Waals surface area contributed by atoms with Gasteiger partial charge in [-0.25, -0.2) is 9.37 Å². The van der Waals surface area contributed by atoms with Crippen LogP contribution in [0.25, 0.3) is 17.0 Å². The highest BCUT2D eigenvalue weighted by atomic mass is 35.5. The van der Waals surface area contributed by atoms with Gasteiger partial charge in [-0.1, -0.05) is 66.8 Å². The van der Waals surface area contributed by atoms with Crippen molar-refractivity contribution in [2.75, 3.05) is 30.3 Å². The van der Waals surface area contributed by atoms with Crippen molar-refractivity contribution >= 4 is 75.2 Å². The van der Waals surface area contributed by atoms with E-state index in [1.54, 1.807) is 23.2 Å². The van der Waals surface area contributed by atoms with E-state index < -0.39 is 22.1 Å². The SMILES string of the molecule is C=CC(=O)N1CCN(C2=C(C#N)C(O)N(c3c(C)ccnc3C(C)C)c3nc(-c4c(N)c(Cl)c(F)c(Cl)c4Cl)c(Cl)cc32)C[C@H]1C. The van der Waals surface area contributed by atoms with E-state index >= 15 is 0 Å². The quantitative estimate of drug-likeness (QED) is 0.123. The van der Waals surface area contributed by atoms with Crippen LogP contribution in [0.5, 0.6) is 0 Å². The number of nitriles is 1. The molecule has 4 heterocycles. The van der Waals surface area contributed by atoms with Crippen molar-refractivity contribution in [3.8, 4) is 17.3 Å². The summed E-state index contributed by atoms with van der Waals surface area (Å²) < 4.78 is 14.7. The van der Waals surface area contributed by atoms with E-state index in [4.69, 9.17) is 57.1 Å². The largest absolute Gasteiger partial charge is 0.397 e. The smallest absolute Gasteiger partial charge is 0.246 e. The van der Waals surface area contributed by atoms with Gasteiger partial charge >= 0.3 is 0 Å². The Bertz CT molecular complexity index is 1830. The molecule has 1 saturated heterocycles. The van der Waals surface area contributed by atoms with Crippen LogP contribution in [-0.4, -0.2) is 62.7 Å². The van der Waals surface area contributed by atoms with E-state index in [2.05, 4.69) is 17.6 Å². The third-order valence-corrected chi connectivity index (χ3v) is 9.69. The van der Waals surface area contributed by atoms with Crippen LogP contribution in [0.3, 0.4) is 0 Å². The van der Waals surface area contributed by atoms with Crippen LogP contribution in [0.4, 0.5) is 21.6 Å². The molecular formula is C32H30Cl4FN7O2. The van der Waals surface area contributed by atoms with E-state index in [9.17, 15) is 19.6 Å². The molecule has 1 fully saturated rings. The number of pyridine rings is 2. The second-order valence-electron chi connectivity index (χ2n) is 11.4. The molecule has 2 aliphatic heterocycles. The van der Waals surface area contributed by atoms with Crippen LogP contribution in [0.15, 0.2) is 36.6 Å². The average molecular weight is 705 g/mol. The minimum Gasteiger partial charge on any atom is -0.397 e. The van der Waals surface area contributed by atoms with Crippen molar-refractivity contribution in [3.05, 3.63) is 79.3 Å². The number of aliphatic hydroxyl groups is 1. The van der Waals surface area contributed by atoms with Crippen LogP contribution in [0, 0.1) is 24.1 Å². The maximum absolute atomic E-state index is 14.7. The van der Waals surface area contributed by atoms with Gasteiger partial charge in [-0.3, -0.25) is 14.7 Å². The molecule has 2 aliphatic rings. The molecule has 1 unspecified atom stereocenters. The molecular weight excluding hydrogens is 675 g/mol. The predicted octanol–water partition coefficient (Wildman–Crippen LogP) is 7.33. The maximum Gasteiger partial charge on any atom is 0.246 e. The Kier molecular flexibility index (Phi) is 9.47. The zero-order valence-electron chi connectivity index (χ0n) is 25.4. The van der Waals surface area contributed by atoms with E-state index in [1.165, 1.54) is 11.0 Å². The molecule has 14 heteroatoms. The van der Waals surface area contributed by atoms with Gasteiger partial charge < -0.3 is 20.6 Å². The number of nitrogens with zero attached hydrogens (tertiary/aromatic N) is 6. The molecule has 240 valence electrons. The number of amides is 1. The summed E-state index contributed by atoms with van der Waals surface area (Å²) in [6, 6.07) is 5.36. The van der Waals surface area contributed by atoms with Gasteiger partial charge in [0.05, 0.1) is 43.5 Å². The Morgan fingerprint density at radius 3 is 2.54 bits per heavy atom. The summed E-state index contributed by atoms with van der Waals surface area (Å²) in [5.41, 5.74) is 8.92. The maximum atomic E-state index is 14.7. The number of carbonyl (C=O) groups is 1. The minimum atomic E-state index is -1.51. The number of aromatic nitrogens is 2. The van der Waals surface area contributed by atoms with E-state index in [1.807, 2.05) is 32.6 Å². The predicted molar refractivity (Wildman–Crippen MR) is 181 cm³/mol. The van der Waals surface area contributed by atoms with Crippen LogP contribution < -0.4 is 10.6 Å². The molecule has 3 aromatic rings. The Labute approximate surface area is 286 Å². The number of rotatable bonds is 5.